The van der Waals surface area contributed by atoms with Gasteiger partial charge in [-0.25, -0.2) is 0 Å². The average molecular weight is 256 g/mol. The Bertz CT molecular complexity index is 152. The monoisotopic (exact) mass is 256 g/mol. The molecule has 0 saturated heterocycles. The van der Waals surface area contributed by atoms with Crippen molar-refractivity contribution in [1.29, 1.82) is 0 Å². The molecule has 1 fully saturated rings. The zero-order chi connectivity index (χ0) is 12.2. The van der Waals surface area contributed by atoms with E-state index in [1.165, 1.54) is 79.2 Å². The highest BCUT2D eigenvalue weighted by molar-refractivity contribution is 7.38. The molecule has 1 aliphatic rings. The van der Waals surface area contributed by atoms with Gasteiger partial charge in [0.2, 0.25) is 0 Å². The smallest absolute Gasteiger partial charge is 0.0237 e. The summed E-state index contributed by atoms with van der Waals surface area (Å²) in [6, 6.07) is 0. The minimum atomic E-state index is 1.16. The summed E-state index contributed by atoms with van der Waals surface area (Å²) in [4.78, 5) is 0. The van der Waals surface area contributed by atoms with Crippen molar-refractivity contribution in [3.63, 3.8) is 0 Å². The first-order valence-corrected chi connectivity index (χ1v) is 9.45. The van der Waals surface area contributed by atoms with Gasteiger partial charge in [-0.3, -0.25) is 0 Å². The Labute approximate surface area is 111 Å². The molecule has 0 aromatic carbocycles. The van der Waals surface area contributed by atoms with E-state index in [4.69, 9.17) is 0 Å². The molecule has 1 saturated carbocycles. The zero-order valence-corrected chi connectivity index (χ0v) is 13.0. The van der Waals surface area contributed by atoms with Crippen molar-refractivity contribution in [3.8, 4) is 0 Å². The van der Waals surface area contributed by atoms with Crippen LogP contribution in [-0.2, 0) is 0 Å². The van der Waals surface area contributed by atoms with E-state index in [-0.39, 0.29) is 0 Å². The van der Waals surface area contributed by atoms with E-state index >= 15 is 0 Å². The fourth-order valence-electron chi connectivity index (χ4n) is 2.53. The standard InChI is InChI=1S/C16H33P/c1-2-3-4-5-6-7-8-9-10-11-15-17-16-13-12-14-16/h16-17H,2-15H2,1H3. The maximum absolute atomic E-state index is 2.30. The van der Waals surface area contributed by atoms with E-state index in [0.29, 0.717) is 0 Å². The van der Waals surface area contributed by atoms with Crippen LogP contribution in [0, 0.1) is 0 Å². The van der Waals surface area contributed by atoms with Crippen LogP contribution in [0.4, 0.5) is 0 Å². The second kappa shape index (κ2) is 11.5. The highest BCUT2D eigenvalue weighted by Gasteiger charge is 2.15. The van der Waals surface area contributed by atoms with E-state index < -0.39 is 0 Å². The van der Waals surface area contributed by atoms with E-state index in [2.05, 4.69) is 6.92 Å². The predicted octanol–water partition coefficient (Wildman–Crippen LogP) is 6.14. The van der Waals surface area contributed by atoms with Crippen LogP contribution in [0.2, 0.25) is 0 Å². The second-order valence-electron chi connectivity index (χ2n) is 5.76. The van der Waals surface area contributed by atoms with Crippen molar-refractivity contribution in [3.05, 3.63) is 0 Å². The summed E-state index contributed by atoms with van der Waals surface area (Å²) in [5.74, 6) is 0. The normalized spacial score (nSPS) is 16.8. The molecular weight excluding hydrogens is 223 g/mol. The van der Waals surface area contributed by atoms with Gasteiger partial charge in [0.15, 0.2) is 0 Å². The van der Waals surface area contributed by atoms with Gasteiger partial charge in [0, 0.05) is 0 Å². The largest absolute Gasteiger partial charge is 0.119 e. The van der Waals surface area contributed by atoms with Crippen molar-refractivity contribution >= 4 is 8.58 Å². The maximum atomic E-state index is 2.30. The van der Waals surface area contributed by atoms with Crippen LogP contribution in [0.1, 0.15) is 90.4 Å². The summed E-state index contributed by atoms with van der Waals surface area (Å²) >= 11 is 0. The minimum absolute atomic E-state index is 1.16. The Morgan fingerprint density at radius 3 is 1.76 bits per heavy atom. The van der Waals surface area contributed by atoms with E-state index in [9.17, 15) is 0 Å². The average Bonchev–Trinajstić information content (AvgIpc) is 2.28. The van der Waals surface area contributed by atoms with Crippen LogP contribution in [0.25, 0.3) is 0 Å². The first-order valence-electron chi connectivity index (χ1n) is 8.17. The van der Waals surface area contributed by atoms with Crippen LogP contribution in [-0.4, -0.2) is 11.8 Å². The van der Waals surface area contributed by atoms with E-state index in [1.54, 1.807) is 19.0 Å². The fraction of sp³-hybridized carbons (Fsp3) is 1.00. The molecule has 0 heterocycles. The van der Waals surface area contributed by atoms with Gasteiger partial charge in [-0.1, -0.05) is 71.1 Å². The maximum Gasteiger partial charge on any atom is -0.0237 e. The van der Waals surface area contributed by atoms with Crippen molar-refractivity contribution in [2.45, 2.75) is 96.1 Å². The van der Waals surface area contributed by atoms with Crippen LogP contribution < -0.4 is 0 Å². The van der Waals surface area contributed by atoms with Crippen LogP contribution in [0.15, 0.2) is 0 Å². The molecular formula is C16H33P. The first-order chi connectivity index (χ1) is 8.43. The molecule has 1 unspecified atom stereocenters. The summed E-state index contributed by atoms with van der Waals surface area (Å²) in [6.07, 6.45) is 21.0. The van der Waals surface area contributed by atoms with Crippen molar-refractivity contribution in [2.24, 2.45) is 0 Å². The fourth-order valence-corrected chi connectivity index (χ4v) is 4.21. The molecule has 102 valence electrons. The lowest BCUT2D eigenvalue weighted by Gasteiger charge is -2.25. The third-order valence-electron chi connectivity index (χ3n) is 4.07. The Kier molecular flexibility index (Phi) is 10.5. The molecule has 1 rings (SSSR count). The second-order valence-corrected chi connectivity index (χ2v) is 7.49. The Morgan fingerprint density at radius 2 is 1.29 bits per heavy atom. The molecule has 0 bridgehead atoms. The molecule has 0 aliphatic heterocycles. The van der Waals surface area contributed by atoms with Gasteiger partial charge in [0.25, 0.3) is 0 Å². The molecule has 17 heavy (non-hydrogen) atoms. The topological polar surface area (TPSA) is 0 Å². The Morgan fingerprint density at radius 1 is 0.765 bits per heavy atom. The van der Waals surface area contributed by atoms with Gasteiger partial charge < -0.3 is 0 Å². The summed E-state index contributed by atoms with van der Waals surface area (Å²) in [5.41, 5.74) is 1.16. The molecule has 1 heteroatoms. The molecule has 0 amide bonds. The van der Waals surface area contributed by atoms with Gasteiger partial charge in [-0.2, -0.15) is 0 Å². The highest BCUT2D eigenvalue weighted by atomic mass is 31.1. The zero-order valence-electron chi connectivity index (χ0n) is 12.0. The quantitative estimate of drug-likeness (QED) is 0.291. The van der Waals surface area contributed by atoms with Crippen LogP contribution in [0.5, 0.6) is 0 Å². The molecule has 0 radical (unpaired) electrons. The number of rotatable bonds is 12. The van der Waals surface area contributed by atoms with Gasteiger partial charge in [-0.05, 0) is 31.1 Å². The van der Waals surface area contributed by atoms with Crippen LogP contribution in [0.3, 0.4) is 0 Å². The number of unbranched alkanes of at least 4 members (excludes halogenated alkanes) is 9. The summed E-state index contributed by atoms with van der Waals surface area (Å²) in [6.45, 7) is 2.30. The highest BCUT2D eigenvalue weighted by Crippen LogP contribution is 2.36. The summed E-state index contributed by atoms with van der Waals surface area (Å²) < 4.78 is 0. The van der Waals surface area contributed by atoms with Crippen molar-refractivity contribution in [2.75, 3.05) is 6.16 Å². The molecule has 0 N–H and O–H groups in total. The molecule has 0 nitrogen and oxygen atoms in total. The number of hydrogen-bond donors (Lipinski definition) is 0. The lowest BCUT2D eigenvalue weighted by molar-refractivity contribution is 0.516. The van der Waals surface area contributed by atoms with E-state index in [1.807, 2.05) is 0 Å². The Balaban J connectivity index is 1.64. The third-order valence-corrected chi connectivity index (χ3v) is 5.87. The minimum Gasteiger partial charge on any atom is -0.119 e. The van der Waals surface area contributed by atoms with Gasteiger partial charge in [0.1, 0.15) is 0 Å². The lowest BCUT2D eigenvalue weighted by Crippen LogP contribution is -2.11. The Hall–Kier alpha value is 0.430. The molecule has 0 aromatic heterocycles. The van der Waals surface area contributed by atoms with Gasteiger partial charge in [0.05, 0.1) is 0 Å². The predicted molar refractivity (Wildman–Crippen MR) is 82.7 cm³/mol. The SMILES string of the molecule is CCCCCCCCCCCCPC1CCC1. The summed E-state index contributed by atoms with van der Waals surface area (Å²) in [5, 5.41) is 0. The van der Waals surface area contributed by atoms with E-state index in [0.717, 1.165) is 5.66 Å². The molecule has 1 atom stereocenters. The van der Waals surface area contributed by atoms with Crippen molar-refractivity contribution in [1.82, 2.24) is 0 Å². The first kappa shape index (κ1) is 15.5. The molecule has 1 aliphatic carbocycles. The third kappa shape index (κ3) is 9.06. The molecule has 0 aromatic rings. The van der Waals surface area contributed by atoms with Crippen LogP contribution >= 0.6 is 8.58 Å². The number of hydrogen-bond acceptors (Lipinski definition) is 0. The van der Waals surface area contributed by atoms with Gasteiger partial charge >= 0.3 is 0 Å². The summed E-state index contributed by atoms with van der Waals surface area (Å²) in [7, 11) is 1.30. The van der Waals surface area contributed by atoms with Gasteiger partial charge in [-0.15, -0.1) is 8.58 Å². The lowest BCUT2D eigenvalue weighted by atomic mass is 10.00. The molecule has 0 spiro atoms. The van der Waals surface area contributed by atoms with Crippen molar-refractivity contribution < 1.29 is 0 Å².